The Hall–Kier alpha value is -2.19. The van der Waals surface area contributed by atoms with Crippen molar-refractivity contribution in [1.29, 1.82) is 0 Å². The minimum atomic E-state index is -3.60. The molecule has 8 heteroatoms. The third-order valence-electron chi connectivity index (χ3n) is 4.12. The average molecular weight is 362 g/mol. The molecule has 1 heterocycles. The number of aryl methyl sites for hydroxylation is 1. The maximum Gasteiger partial charge on any atom is 0.240 e. The highest BCUT2D eigenvalue weighted by molar-refractivity contribution is 7.89. The molecule has 1 aromatic heterocycles. The van der Waals surface area contributed by atoms with Gasteiger partial charge < -0.3 is 9.88 Å². The molecule has 0 radical (unpaired) electrons. The van der Waals surface area contributed by atoms with Gasteiger partial charge in [0.25, 0.3) is 0 Å². The molecule has 134 valence electrons. The van der Waals surface area contributed by atoms with Crippen LogP contribution in [0.2, 0.25) is 0 Å². The normalized spacial score (nSPS) is 14.5. The van der Waals surface area contributed by atoms with Crippen LogP contribution >= 0.6 is 0 Å². The van der Waals surface area contributed by atoms with Crippen LogP contribution in [0, 0.1) is 6.92 Å². The number of nitrogens with one attached hydrogen (secondary N) is 2. The lowest BCUT2D eigenvalue weighted by Gasteiger charge is -2.12. The van der Waals surface area contributed by atoms with E-state index in [-0.39, 0.29) is 10.8 Å². The number of carbonyl (C=O) groups is 1. The number of hydrogen-bond donors (Lipinski definition) is 2. The second kappa shape index (κ2) is 6.97. The Labute approximate surface area is 147 Å². The summed E-state index contributed by atoms with van der Waals surface area (Å²) in [5, 5.41) is 2.64. The Bertz CT molecular complexity index is 885. The number of carbonyl (C=O) groups excluding carboxylic acids is 1. The minimum Gasteiger partial charge on any atom is -0.333 e. The SMILES string of the molecule is CC(=O)Nc1ccc(S(=O)(=O)NCCn2ccnc2C2CC2)c(C)c1. The first kappa shape index (κ1) is 17.6. The minimum absolute atomic E-state index is 0.195. The molecular formula is C17H22N4O3S. The Morgan fingerprint density at radius 2 is 2.12 bits per heavy atom. The van der Waals surface area contributed by atoms with Crippen molar-refractivity contribution in [2.75, 3.05) is 11.9 Å². The van der Waals surface area contributed by atoms with E-state index in [1.54, 1.807) is 25.3 Å². The van der Waals surface area contributed by atoms with Crippen LogP contribution in [0.1, 0.15) is 37.1 Å². The average Bonchev–Trinajstić information content (AvgIpc) is 3.26. The number of nitrogens with zero attached hydrogens (tertiary/aromatic N) is 2. The number of rotatable bonds is 7. The summed E-state index contributed by atoms with van der Waals surface area (Å²) in [6.07, 6.45) is 5.95. The summed E-state index contributed by atoms with van der Waals surface area (Å²) in [5.74, 6) is 1.37. The van der Waals surface area contributed by atoms with Gasteiger partial charge in [0.05, 0.1) is 4.90 Å². The zero-order valence-corrected chi connectivity index (χ0v) is 15.1. The van der Waals surface area contributed by atoms with Gasteiger partial charge in [-0.15, -0.1) is 0 Å². The summed E-state index contributed by atoms with van der Waals surface area (Å²) >= 11 is 0. The molecule has 1 saturated carbocycles. The van der Waals surface area contributed by atoms with Crippen molar-refractivity contribution in [3.8, 4) is 0 Å². The molecule has 7 nitrogen and oxygen atoms in total. The molecule has 2 aromatic rings. The predicted octanol–water partition coefficient (Wildman–Crippen LogP) is 2.01. The first-order valence-corrected chi connectivity index (χ1v) is 9.74. The molecule has 0 unspecified atom stereocenters. The topological polar surface area (TPSA) is 93.1 Å². The maximum absolute atomic E-state index is 12.5. The fourth-order valence-electron chi connectivity index (χ4n) is 2.82. The quantitative estimate of drug-likeness (QED) is 0.788. The lowest BCUT2D eigenvalue weighted by Crippen LogP contribution is -2.28. The van der Waals surface area contributed by atoms with Crippen LogP contribution in [0.3, 0.4) is 0 Å². The van der Waals surface area contributed by atoms with Crippen molar-refractivity contribution in [1.82, 2.24) is 14.3 Å². The number of aromatic nitrogens is 2. The van der Waals surface area contributed by atoms with Gasteiger partial charge in [0.15, 0.2) is 0 Å². The smallest absolute Gasteiger partial charge is 0.240 e. The molecule has 0 bridgehead atoms. The number of sulfonamides is 1. The first-order valence-electron chi connectivity index (χ1n) is 8.26. The summed E-state index contributed by atoms with van der Waals surface area (Å²) < 4.78 is 29.7. The second-order valence-electron chi connectivity index (χ2n) is 6.31. The molecule has 1 fully saturated rings. The van der Waals surface area contributed by atoms with Crippen molar-refractivity contribution in [3.63, 3.8) is 0 Å². The molecule has 3 rings (SSSR count). The fraction of sp³-hybridized carbons (Fsp3) is 0.412. The van der Waals surface area contributed by atoms with E-state index in [0.717, 1.165) is 18.7 Å². The zero-order valence-electron chi connectivity index (χ0n) is 14.3. The van der Waals surface area contributed by atoms with Crippen LogP contribution in [0.15, 0.2) is 35.5 Å². The van der Waals surface area contributed by atoms with E-state index in [1.807, 2.05) is 10.8 Å². The highest BCUT2D eigenvalue weighted by Crippen LogP contribution is 2.38. The van der Waals surface area contributed by atoms with Crippen molar-refractivity contribution >= 4 is 21.6 Å². The Morgan fingerprint density at radius 3 is 2.76 bits per heavy atom. The summed E-state index contributed by atoms with van der Waals surface area (Å²) in [7, 11) is -3.60. The number of imidazole rings is 1. The zero-order chi connectivity index (χ0) is 18.0. The molecule has 1 aliphatic carbocycles. The summed E-state index contributed by atoms with van der Waals surface area (Å²) in [6, 6.07) is 4.75. The third kappa shape index (κ3) is 4.26. The molecule has 0 saturated heterocycles. The first-order chi connectivity index (χ1) is 11.9. The number of hydrogen-bond acceptors (Lipinski definition) is 4. The molecular weight excluding hydrogens is 340 g/mol. The van der Waals surface area contributed by atoms with Gasteiger partial charge in [-0.25, -0.2) is 18.1 Å². The molecule has 1 amide bonds. The standard InChI is InChI=1S/C17H22N4O3S/c1-12-11-15(20-13(2)22)5-6-16(12)25(23,24)19-8-10-21-9-7-18-17(21)14-3-4-14/h5-7,9,11,14,19H,3-4,8,10H2,1-2H3,(H,20,22). The molecule has 1 aromatic carbocycles. The van der Waals surface area contributed by atoms with E-state index >= 15 is 0 Å². The van der Waals surface area contributed by atoms with Crippen LogP contribution in [-0.4, -0.2) is 30.4 Å². The predicted molar refractivity (Wildman–Crippen MR) is 94.9 cm³/mol. The van der Waals surface area contributed by atoms with Crippen LogP contribution in [0.25, 0.3) is 0 Å². The molecule has 0 spiro atoms. The van der Waals surface area contributed by atoms with E-state index in [1.165, 1.54) is 13.0 Å². The van der Waals surface area contributed by atoms with Crippen molar-refractivity contribution in [3.05, 3.63) is 42.0 Å². The third-order valence-corrected chi connectivity index (χ3v) is 5.74. The Kier molecular flexibility index (Phi) is 4.91. The van der Waals surface area contributed by atoms with Gasteiger partial charge in [-0.3, -0.25) is 4.79 Å². The number of anilines is 1. The molecule has 0 aliphatic heterocycles. The molecule has 0 atom stereocenters. The lowest BCUT2D eigenvalue weighted by atomic mass is 10.2. The van der Waals surface area contributed by atoms with Gasteiger partial charge in [0, 0.05) is 44.0 Å². The summed E-state index contributed by atoms with van der Waals surface area (Å²) in [5.41, 5.74) is 1.16. The molecule has 25 heavy (non-hydrogen) atoms. The second-order valence-corrected chi connectivity index (χ2v) is 8.05. The fourth-order valence-corrected chi connectivity index (χ4v) is 4.07. The van der Waals surface area contributed by atoms with Gasteiger partial charge in [0.1, 0.15) is 5.82 Å². The largest absolute Gasteiger partial charge is 0.333 e. The van der Waals surface area contributed by atoms with Crippen LogP contribution in [-0.2, 0) is 21.4 Å². The van der Waals surface area contributed by atoms with Crippen LogP contribution in [0.4, 0.5) is 5.69 Å². The molecule has 2 N–H and O–H groups in total. The van der Waals surface area contributed by atoms with Gasteiger partial charge in [-0.2, -0.15) is 0 Å². The van der Waals surface area contributed by atoms with Crippen LogP contribution in [0.5, 0.6) is 0 Å². The lowest BCUT2D eigenvalue weighted by molar-refractivity contribution is -0.114. The van der Waals surface area contributed by atoms with Crippen molar-refractivity contribution < 1.29 is 13.2 Å². The van der Waals surface area contributed by atoms with Crippen molar-refractivity contribution in [2.24, 2.45) is 0 Å². The van der Waals surface area contributed by atoms with Gasteiger partial charge in [-0.1, -0.05) is 0 Å². The van der Waals surface area contributed by atoms with Gasteiger partial charge >= 0.3 is 0 Å². The monoisotopic (exact) mass is 362 g/mol. The Morgan fingerprint density at radius 1 is 1.36 bits per heavy atom. The van der Waals surface area contributed by atoms with Gasteiger partial charge in [0.2, 0.25) is 15.9 Å². The van der Waals surface area contributed by atoms with E-state index in [4.69, 9.17) is 0 Å². The maximum atomic E-state index is 12.5. The summed E-state index contributed by atoms with van der Waals surface area (Å²) in [6.45, 7) is 3.97. The van der Waals surface area contributed by atoms with Crippen LogP contribution < -0.4 is 10.0 Å². The van der Waals surface area contributed by atoms with E-state index in [2.05, 4.69) is 15.0 Å². The van der Waals surface area contributed by atoms with E-state index in [9.17, 15) is 13.2 Å². The summed E-state index contributed by atoms with van der Waals surface area (Å²) in [4.78, 5) is 15.7. The van der Waals surface area contributed by atoms with Gasteiger partial charge in [-0.05, 0) is 43.5 Å². The number of amides is 1. The highest BCUT2D eigenvalue weighted by Gasteiger charge is 2.27. The van der Waals surface area contributed by atoms with Crippen molar-refractivity contribution in [2.45, 2.75) is 44.0 Å². The van der Waals surface area contributed by atoms with E-state index < -0.39 is 10.0 Å². The highest BCUT2D eigenvalue weighted by atomic mass is 32.2. The molecule has 1 aliphatic rings. The number of benzene rings is 1. The van der Waals surface area contributed by atoms with E-state index in [0.29, 0.717) is 30.3 Å². The Balaban J connectivity index is 1.65.